The molecule has 1 fully saturated rings. The SMILES string of the molecule is O=C(O)[C@@H]1[C@H](C(=O)Nc2ccc(Cl)cc2F)[C@@H]2C=C[C@@H]1O2. The van der Waals surface area contributed by atoms with Crippen LogP contribution in [0.4, 0.5) is 10.1 Å². The Balaban J connectivity index is 1.82. The van der Waals surface area contributed by atoms with Gasteiger partial charge in [0.05, 0.1) is 23.8 Å². The third-order valence-corrected chi connectivity index (χ3v) is 3.91. The minimum atomic E-state index is -1.11. The van der Waals surface area contributed by atoms with Crippen LogP contribution < -0.4 is 5.32 Å². The molecule has 7 heteroatoms. The summed E-state index contributed by atoms with van der Waals surface area (Å²) in [5.41, 5.74) is -0.0414. The minimum absolute atomic E-state index is 0.0414. The summed E-state index contributed by atoms with van der Waals surface area (Å²) in [6, 6.07) is 3.84. The summed E-state index contributed by atoms with van der Waals surface area (Å²) in [5.74, 6) is -4.21. The molecular weight excluding hydrogens is 301 g/mol. The molecule has 1 saturated heterocycles. The number of carbonyl (C=O) groups is 2. The molecule has 0 aliphatic carbocycles. The fourth-order valence-corrected chi connectivity index (χ4v) is 2.88. The van der Waals surface area contributed by atoms with Crippen LogP contribution in [-0.4, -0.2) is 29.2 Å². The van der Waals surface area contributed by atoms with Gasteiger partial charge in [0.15, 0.2) is 0 Å². The lowest BCUT2D eigenvalue weighted by Gasteiger charge is -2.21. The molecule has 0 aromatic heterocycles. The molecule has 2 aliphatic heterocycles. The predicted octanol–water partition coefficient (Wildman–Crippen LogP) is 2.07. The van der Waals surface area contributed by atoms with Crippen molar-refractivity contribution in [3.05, 3.63) is 41.2 Å². The molecule has 3 rings (SSSR count). The van der Waals surface area contributed by atoms with E-state index in [1.165, 1.54) is 12.1 Å². The van der Waals surface area contributed by atoms with E-state index in [9.17, 15) is 19.1 Å². The summed E-state index contributed by atoms with van der Waals surface area (Å²) in [4.78, 5) is 23.6. The average Bonchev–Trinajstić information content (AvgIpc) is 3.02. The van der Waals surface area contributed by atoms with Crippen LogP contribution in [-0.2, 0) is 14.3 Å². The molecule has 1 aromatic carbocycles. The van der Waals surface area contributed by atoms with Crippen molar-refractivity contribution in [1.82, 2.24) is 0 Å². The maximum Gasteiger partial charge on any atom is 0.310 e. The topological polar surface area (TPSA) is 75.6 Å². The molecule has 5 nitrogen and oxygen atoms in total. The normalized spacial score (nSPS) is 29.6. The Labute approximate surface area is 124 Å². The molecule has 2 aliphatic rings. The van der Waals surface area contributed by atoms with Gasteiger partial charge in [-0.05, 0) is 18.2 Å². The number of hydrogen-bond donors (Lipinski definition) is 2. The van der Waals surface area contributed by atoms with Gasteiger partial charge in [-0.3, -0.25) is 9.59 Å². The Morgan fingerprint density at radius 3 is 2.52 bits per heavy atom. The highest BCUT2D eigenvalue weighted by molar-refractivity contribution is 6.30. The Bertz CT molecular complexity index is 648. The van der Waals surface area contributed by atoms with Gasteiger partial charge in [-0.15, -0.1) is 0 Å². The third-order valence-electron chi connectivity index (χ3n) is 3.68. The Morgan fingerprint density at radius 2 is 1.90 bits per heavy atom. The van der Waals surface area contributed by atoms with Crippen LogP contribution in [0.5, 0.6) is 0 Å². The second kappa shape index (κ2) is 5.13. The summed E-state index contributed by atoms with van der Waals surface area (Å²) in [6.45, 7) is 0. The summed E-state index contributed by atoms with van der Waals surface area (Å²) in [6.07, 6.45) is 2.09. The Hall–Kier alpha value is -1.92. The molecule has 2 N–H and O–H groups in total. The zero-order valence-corrected chi connectivity index (χ0v) is 11.4. The zero-order valence-electron chi connectivity index (χ0n) is 10.6. The molecule has 0 saturated carbocycles. The second-order valence-electron chi connectivity index (χ2n) is 4.95. The lowest BCUT2D eigenvalue weighted by atomic mass is 9.82. The molecule has 0 spiro atoms. The molecule has 21 heavy (non-hydrogen) atoms. The molecule has 4 atom stereocenters. The van der Waals surface area contributed by atoms with Gasteiger partial charge in [-0.1, -0.05) is 23.8 Å². The number of carboxylic acids is 1. The fourth-order valence-electron chi connectivity index (χ4n) is 2.72. The van der Waals surface area contributed by atoms with Crippen molar-refractivity contribution < 1.29 is 23.8 Å². The van der Waals surface area contributed by atoms with Gasteiger partial charge in [0.25, 0.3) is 0 Å². The van der Waals surface area contributed by atoms with Gasteiger partial charge in [0.1, 0.15) is 11.7 Å². The van der Waals surface area contributed by atoms with Crippen molar-refractivity contribution in [1.29, 1.82) is 0 Å². The van der Waals surface area contributed by atoms with Crippen LogP contribution in [0.1, 0.15) is 0 Å². The highest BCUT2D eigenvalue weighted by Gasteiger charge is 2.53. The van der Waals surface area contributed by atoms with E-state index in [2.05, 4.69) is 5.32 Å². The first kappa shape index (κ1) is 14.0. The number of anilines is 1. The number of amides is 1. The van der Waals surface area contributed by atoms with Crippen LogP contribution in [0.25, 0.3) is 0 Å². The summed E-state index contributed by atoms with van der Waals surface area (Å²) in [7, 11) is 0. The fraction of sp³-hybridized carbons (Fsp3) is 0.286. The number of hydrogen-bond acceptors (Lipinski definition) is 3. The average molecular weight is 312 g/mol. The standard InChI is InChI=1S/C14H11ClFNO4/c15-6-1-2-8(7(16)5-6)17-13(18)11-9-3-4-10(21-9)12(11)14(19)20/h1-5,9-12H,(H,17,18)(H,19,20)/t9-,10-,11+,12-/m0/s1. The van der Waals surface area contributed by atoms with E-state index < -0.39 is 41.7 Å². The Kier molecular flexibility index (Phi) is 3.43. The molecule has 110 valence electrons. The van der Waals surface area contributed by atoms with Gasteiger partial charge in [0.2, 0.25) is 5.91 Å². The highest BCUT2D eigenvalue weighted by Crippen LogP contribution is 2.40. The smallest absolute Gasteiger partial charge is 0.310 e. The van der Waals surface area contributed by atoms with E-state index >= 15 is 0 Å². The number of benzene rings is 1. The number of carbonyl (C=O) groups excluding carboxylic acids is 1. The highest BCUT2D eigenvalue weighted by atomic mass is 35.5. The molecule has 0 radical (unpaired) electrons. The molecular formula is C14H11ClFNO4. The van der Waals surface area contributed by atoms with Gasteiger partial charge >= 0.3 is 5.97 Å². The number of fused-ring (bicyclic) bond motifs is 2. The molecule has 2 heterocycles. The van der Waals surface area contributed by atoms with Crippen LogP contribution in [0.15, 0.2) is 30.4 Å². The first-order valence-corrected chi connectivity index (χ1v) is 6.67. The molecule has 1 aromatic rings. The lowest BCUT2D eigenvalue weighted by molar-refractivity contribution is -0.145. The quantitative estimate of drug-likeness (QED) is 0.838. The molecule has 2 bridgehead atoms. The second-order valence-corrected chi connectivity index (χ2v) is 5.39. The summed E-state index contributed by atoms with van der Waals surface area (Å²) < 4.78 is 19.1. The zero-order chi connectivity index (χ0) is 15.1. The number of rotatable bonds is 3. The number of carboxylic acid groups (broad SMARTS) is 1. The van der Waals surface area contributed by atoms with Crippen LogP contribution in [0.3, 0.4) is 0 Å². The van der Waals surface area contributed by atoms with E-state index in [0.717, 1.165) is 6.07 Å². The summed E-state index contributed by atoms with van der Waals surface area (Å²) >= 11 is 5.64. The maximum absolute atomic E-state index is 13.7. The van der Waals surface area contributed by atoms with Crippen LogP contribution in [0, 0.1) is 17.7 Å². The van der Waals surface area contributed by atoms with Crippen molar-refractivity contribution in [2.24, 2.45) is 11.8 Å². The maximum atomic E-state index is 13.7. The molecule has 1 amide bonds. The van der Waals surface area contributed by atoms with Crippen molar-refractivity contribution in [2.75, 3.05) is 5.32 Å². The van der Waals surface area contributed by atoms with Crippen molar-refractivity contribution in [3.8, 4) is 0 Å². The van der Waals surface area contributed by atoms with Gasteiger partial charge in [-0.2, -0.15) is 0 Å². The first-order valence-electron chi connectivity index (χ1n) is 6.30. The van der Waals surface area contributed by atoms with E-state index in [1.807, 2.05) is 0 Å². The Morgan fingerprint density at radius 1 is 1.24 bits per heavy atom. The van der Waals surface area contributed by atoms with E-state index in [0.29, 0.717) is 0 Å². The van der Waals surface area contributed by atoms with Crippen molar-refractivity contribution in [3.63, 3.8) is 0 Å². The van der Waals surface area contributed by atoms with E-state index in [1.54, 1.807) is 12.2 Å². The largest absolute Gasteiger partial charge is 0.481 e. The van der Waals surface area contributed by atoms with E-state index in [4.69, 9.17) is 16.3 Å². The third kappa shape index (κ3) is 2.41. The monoisotopic (exact) mass is 311 g/mol. The van der Waals surface area contributed by atoms with Crippen LogP contribution in [0.2, 0.25) is 5.02 Å². The minimum Gasteiger partial charge on any atom is -0.481 e. The number of aliphatic carboxylic acids is 1. The summed E-state index contributed by atoms with van der Waals surface area (Å²) in [5, 5.41) is 11.8. The van der Waals surface area contributed by atoms with Gasteiger partial charge in [0, 0.05) is 5.02 Å². The van der Waals surface area contributed by atoms with Crippen molar-refractivity contribution in [2.45, 2.75) is 12.2 Å². The van der Waals surface area contributed by atoms with Crippen LogP contribution >= 0.6 is 11.6 Å². The number of nitrogens with one attached hydrogen (secondary N) is 1. The number of halogens is 2. The lowest BCUT2D eigenvalue weighted by Crippen LogP contribution is -2.39. The first-order chi connectivity index (χ1) is 9.97. The van der Waals surface area contributed by atoms with Crippen molar-refractivity contribution >= 4 is 29.2 Å². The van der Waals surface area contributed by atoms with Gasteiger partial charge < -0.3 is 15.2 Å². The molecule has 0 unspecified atom stereocenters. The number of ether oxygens (including phenoxy) is 1. The van der Waals surface area contributed by atoms with E-state index in [-0.39, 0.29) is 10.7 Å². The predicted molar refractivity (Wildman–Crippen MR) is 72.5 cm³/mol. The van der Waals surface area contributed by atoms with Gasteiger partial charge in [-0.25, -0.2) is 4.39 Å².